The zero-order valence-corrected chi connectivity index (χ0v) is 13.8. The van der Waals surface area contributed by atoms with Crippen molar-refractivity contribution in [2.75, 3.05) is 12.4 Å². The fourth-order valence-corrected chi connectivity index (χ4v) is 3.14. The van der Waals surface area contributed by atoms with Crippen LogP contribution in [0.25, 0.3) is 27.8 Å². The van der Waals surface area contributed by atoms with Gasteiger partial charge in [0, 0.05) is 29.8 Å². The molecule has 4 aromatic rings. The largest absolute Gasteiger partial charge is 0.506 e. The Balaban J connectivity index is 2.13. The van der Waals surface area contributed by atoms with E-state index in [0.29, 0.717) is 33.4 Å². The summed E-state index contributed by atoms with van der Waals surface area (Å²) in [6, 6.07) is 4.85. The minimum atomic E-state index is -0.0596. The Kier molecular flexibility index (Phi) is 3.40. The molecular formula is C15H10Cl2N6O. The number of halogens is 2. The number of aromatic nitrogens is 5. The number of aromatic hydroxyl groups is 1. The summed E-state index contributed by atoms with van der Waals surface area (Å²) in [5.74, 6) is 0.425. The van der Waals surface area contributed by atoms with Gasteiger partial charge in [-0.2, -0.15) is 4.98 Å². The molecule has 0 unspecified atom stereocenters. The molecule has 9 heteroatoms. The minimum Gasteiger partial charge on any atom is -0.506 e. The van der Waals surface area contributed by atoms with Crippen LogP contribution in [0.1, 0.15) is 0 Å². The van der Waals surface area contributed by atoms with E-state index in [4.69, 9.17) is 23.2 Å². The topological polar surface area (TPSA) is 88.2 Å². The van der Waals surface area contributed by atoms with Gasteiger partial charge in [0.25, 0.3) is 0 Å². The Bertz CT molecular complexity index is 1090. The Morgan fingerprint density at radius 3 is 2.83 bits per heavy atom. The second kappa shape index (κ2) is 5.47. The molecule has 1 aromatic carbocycles. The van der Waals surface area contributed by atoms with Crippen molar-refractivity contribution in [1.82, 2.24) is 24.6 Å². The number of hydrogen-bond acceptors (Lipinski definition) is 6. The summed E-state index contributed by atoms with van der Waals surface area (Å²) in [6.45, 7) is 0. The molecule has 0 saturated heterocycles. The first kappa shape index (κ1) is 14.9. The molecular weight excluding hydrogens is 351 g/mol. The van der Waals surface area contributed by atoms with Gasteiger partial charge < -0.3 is 10.4 Å². The monoisotopic (exact) mass is 360 g/mol. The van der Waals surface area contributed by atoms with Crippen molar-refractivity contribution in [3.8, 4) is 16.9 Å². The summed E-state index contributed by atoms with van der Waals surface area (Å²) in [6.07, 6.45) is 3.24. The quantitative estimate of drug-likeness (QED) is 0.569. The average molecular weight is 361 g/mol. The maximum absolute atomic E-state index is 9.92. The van der Waals surface area contributed by atoms with E-state index in [1.165, 1.54) is 6.07 Å². The lowest BCUT2D eigenvalue weighted by Gasteiger charge is -2.11. The van der Waals surface area contributed by atoms with Gasteiger partial charge in [0.15, 0.2) is 11.3 Å². The second-order valence-electron chi connectivity index (χ2n) is 5.06. The number of pyridine rings is 1. The highest BCUT2D eigenvalue weighted by Gasteiger charge is 2.19. The number of hydrogen-bond donors (Lipinski definition) is 2. The maximum atomic E-state index is 9.92. The molecule has 0 fully saturated rings. The molecule has 4 rings (SSSR count). The van der Waals surface area contributed by atoms with Crippen molar-refractivity contribution < 1.29 is 5.11 Å². The molecule has 0 aliphatic heterocycles. The van der Waals surface area contributed by atoms with Crippen LogP contribution in [0.3, 0.4) is 0 Å². The molecule has 0 amide bonds. The van der Waals surface area contributed by atoms with Crippen LogP contribution in [0.4, 0.5) is 5.95 Å². The molecule has 2 N–H and O–H groups in total. The van der Waals surface area contributed by atoms with Gasteiger partial charge in [0.2, 0.25) is 5.95 Å². The van der Waals surface area contributed by atoms with E-state index in [2.05, 4.69) is 25.5 Å². The first-order chi connectivity index (χ1) is 11.6. The molecule has 0 aliphatic rings. The number of rotatable bonds is 2. The van der Waals surface area contributed by atoms with Crippen LogP contribution < -0.4 is 5.32 Å². The van der Waals surface area contributed by atoms with Crippen LogP contribution in [0, 0.1) is 0 Å². The molecule has 0 atom stereocenters. The Morgan fingerprint density at radius 2 is 2.04 bits per heavy atom. The first-order valence-corrected chi connectivity index (χ1v) is 7.70. The van der Waals surface area contributed by atoms with Crippen molar-refractivity contribution >= 4 is 45.8 Å². The molecule has 3 heterocycles. The van der Waals surface area contributed by atoms with Crippen LogP contribution in [-0.2, 0) is 0 Å². The van der Waals surface area contributed by atoms with Gasteiger partial charge in [-0.3, -0.25) is 4.40 Å². The second-order valence-corrected chi connectivity index (χ2v) is 5.85. The Morgan fingerprint density at radius 1 is 1.21 bits per heavy atom. The zero-order chi connectivity index (χ0) is 16.8. The fourth-order valence-electron chi connectivity index (χ4n) is 2.56. The number of fused-ring (bicyclic) bond motifs is 3. The summed E-state index contributed by atoms with van der Waals surface area (Å²) >= 11 is 12.6. The summed E-state index contributed by atoms with van der Waals surface area (Å²) in [5.41, 5.74) is 2.28. The lowest BCUT2D eigenvalue weighted by Crippen LogP contribution is -2.00. The van der Waals surface area contributed by atoms with Crippen LogP contribution in [0.5, 0.6) is 5.75 Å². The minimum absolute atomic E-state index is 0.0596. The summed E-state index contributed by atoms with van der Waals surface area (Å²) in [4.78, 5) is 8.66. The molecule has 0 saturated carbocycles. The van der Waals surface area contributed by atoms with Crippen LogP contribution >= 0.6 is 23.2 Å². The van der Waals surface area contributed by atoms with Gasteiger partial charge in [-0.25, -0.2) is 4.98 Å². The molecule has 0 spiro atoms. The first-order valence-electron chi connectivity index (χ1n) is 6.94. The van der Waals surface area contributed by atoms with Crippen molar-refractivity contribution in [1.29, 1.82) is 0 Å². The SMILES string of the molecule is CNc1ncc2cc(-c3c(Cl)ccc(O)c3Cl)c3nncn3c2n1. The molecule has 7 nitrogen and oxygen atoms in total. The third-order valence-electron chi connectivity index (χ3n) is 3.68. The Labute approximate surface area is 145 Å². The van der Waals surface area contributed by atoms with Gasteiger partial charge in [-0.15, -0.1) is 10.2 Å². The lowest BCUT2D eigenvalue weighted by molar-refractivity contribution is 0.476. The third-order valence-corrected chi connectivity index (χ3v) is 4.37. The van der Waals surface area contributed by atoms with E-state index in [1.807, 2.05) is 6.07 Å². The smallest absolute Gasteiger partial charge is 0.224 e. The van der Waals surface area contributed by atoms with Crippen molar-refractivity contribution in [2.24, 2.45) is 0 Å². The summed E-state index contributed by atoms with van der Waals surface area (Å²) < 4.78 is 1.73. The van der Waals surface area contributed by atoms with E-state index in [0.717, 1.165) is 5.39 Å². The number of nitrogens with zero attached hydrogens (tertiary/aromatic N) is 5. The summed E-state index contributed by atoms with van der Waals surface area (Å²) in [7, 11) is 1.74. The van der Waals surface area contributed by atoms with Gasteiger partial charge in [0.1, 0.15) is 12.1 Å². The standard InChI is InChI=1S/C15H10Cl2N6O/c1-18-15-19-5-7-4-8(11-9(16)2-3-10(24)12(11)17)14-22-20-6-23(14)13(7)21-15/h2-6,24H,1H3,(H,18,19,21). The highest BCUT2D eigenvalue weighted by molar-refractivity contribution is 6.40. The van der Waals surface area contributed by atoms with Gasteiger partial charge in [-0.05, 0) is 18.2 Å². The zero-order valence-electron chi connectivity index (χ0n) is 12.3. The molecule has 3 aromatic heterocycles. The van der Waals surface area contributed by atoms with E-state index >= 15 is 0 Å². The van der Waals surface area contributed by atoms with Crippen LogP contribution in [0.15, 0.2) is 30.7 Å². The number of phenolic OH excluding ortho intramolecular Hbond substituents is 1. The molecule has 0 radical (unpaired) electrons. The molecule has 0 aliphatic carbocycles. The van der Waals surface area contributed by atoms with Gasteiger partial charge >= 0.3 is 0 Å². The van der Waals surface area contributed by atoms with Gasteiger partial charge in [0.05, 0.1) is 10.0 Å². The van der Waals surface area contributed by atoms with E-state index < -0.39 is 0 Å². The molecule has 24 heavy (non-hydrogen) atoms. The van der Waals surface area contributed by atoms with E-state index in [9.17, 15) is 5.11 Å². The normalized spacial score (nSPS) is 11.3. The number of phenols is 1. The van der Waals surface area contributed by atoms with Crippen molar-refractivity contribution in [3.05, 3.63) is 40.8 Å². The number of anilines is 1. The predicted octanol–water partition coefficient (Wildman–Crippen LogP) is 3.39. The van der Waals surface area contributed by atoms with Gasteiger partial charge in [-0.1, -0.05) is 23.2 Å². The predicted molar refractivity (Wildman–Crippen MR) is 92.8 cm³/mol. The average Bonchev–Trinajstić information content (AvgIpc) is 3.08. The number of benzene rings is 1. The third kappa shape index (κ3) is 2.13. The van der Waals surface area contributed by atoms with E-state index in [1.54, 1.807) is 30.0 Å². The van der Waals surface area contributed by atoms with Crippen molar-refractivity contribution in [3.63, 3.8) is 0 Å². The number of nitrogens with one attached hydrogen (secondary N) is 1. The summed E-state index contributed by atoms with van der Waals surface area (Å²) in [5, 5.41) is 22.2. The fraction of sp³-hybridized carbons (Fsp3) is 0.0667. The highest BCUT2D eigenvalue weighted by atomic mass is 35.5. The lowest BCUT2D eigenvalue weighted by atomic mass is 10.1. The van der Waals surface area contributed by atoms with Crippen LogP contribution in [-0.4, -0.2) is 36.7 Å². The molecule has 0 bridgehead atoms. The Hall–Kier alpha value is -2.64. The van der Waals surface area contributed by atoms with Crippen LogP contribution in [0.2, 0.25) is 10.0 Å². The maximum Gasteiger partial charge on any atom is 0.224 e. The van der Waals surface area contributed by atoms with E-state index in [-0.39, 0.29) is 10.8 Å². The van der Waals surface area contributed by atoms with Crippen molar-refractivity contribution in [2.45, 2.75) is 0 Å². The molecule has 120 valence electrons. The highest BCUT2D eigenvalue weighted by Crippen LogP contribution is 2.42.